The lowest BCUT2D eigenvalue weighted by Gasteiger charge is -2.23. The average Bonchev–Trinajstić information content (AvgIpc) is 2.53. The normalized spacial score (nSPS) is 22.1. The van der Waals surface area contributed by atoms with Crippen molar-refractivity contribution in [2.24, 2.45) is 5.92 Å². The maximum absolute atomic E-state index is 11.9. The fraction of sp³-hybridized carbons (Fsp3) is 0.833. The molecule has 6 heteroatoms. The van der Waals surface area contributed by atoms with Crippen molar-refractivity contribution in [1.29, 1.82) is 0 Å². The van der Waals surface area contributed by atoms with E-state index in [1.54, 1.807) is 4.90 Å². The van der Waals surface area contributed by atoms with Crippen LogP contribution in [-0.2, 0) is 4.79 Å². The number of amides is 2. The van der Waals surface area contributed by atoms with E-state index in [0.29, 0.717) is 19.0 Å². The largest absolute Gasteiger partial charge is 0.480 e. The van der Waals surface area contributed by atoms with Crippen molar-refractivity contribution in [3.05, 3.63) is 0 Å². The summed E-state index contributed by atoms with van der Waals surface area (Å²) in [5.41, 5.74) is 0. The summed E-state index contributed by atoms with van der Waals surface area (Å²) in [7, 11) is 0. The van der Waals surface area contributed by atoms with Crippen LogP contribution in [0.1, 0.15) is 32.6 Å². The van der Waals surface area contributed by atoms with E-state index in [2.05, 4.69) is 12.2 Å². The van der Waals surface area contributed by atoms with E-state index in [4.69, 9.17) is 10.2 Å². The lowest BCUT2D eigenvalue weighted by Crippen LogP contribution is -2.48. The summed E-state index contributed by atoms with van der Waals surface area (Å²) in [5, 5.41) is 20.1. The zero-order valence-electron chi connectivity index (χ0n) is 10.8. The number of aliphatic hydroxyl groups excluding tert-OH is 1. The number of hydrogen-bond donors (Lipinski definition) is 3. The zero-order chi connectivity index (χ0) is 13.5. The zero-order valence-corrected chi connectivity index (χ0v) is 10.8. The van der Waals surface area contributed by atoms with Gasteiger partial charge in [-0.05, 0) is 25.2 Å². The van der Waals surface area contributed by atoms with Crippen molar-refractivity contribution in [2.75, 3.05) is 19.7 Å². The molecule has 1 aliphatic heterocycles. The number of carbonyl (C=O) groups is 2. The van der Waals surface area contributed by atoms with Crippen molar-refractivity contribution in [3.8, 4) is 0 Å². The molecule has 0 aromatic heterocycles. The molecule has 0 radical (unpaired) electrons. The lowest BCUT2D eigenvalue weighted by molar-refractivity contribution is -0.139. The van der Waals surface area contributed by atoms with Gasteiger partial charge in [0, 0.05) is 26.1 Å². The second-order valence-electron chi connectivity index (χ2n) is 4.88. The second-order valence-corrected chi connectivity index (χ2v) is 4.88. The molecule has 0 aromatic carbocycles. The Morgan fingerprint density at radius 2 is 2.11 bits per heavy atom. The van der Waals surface area contributed by atoms with Crippen LogP contribution in [0, 0.1) is 5.92 Å². The second kappa shape index (κ2) is 7.20. The maximum Gasteiger partial charge on any atom is 0.326 e. The van der Waals surface area contributed by atoms with Crippen LogP contribution < -0.4 is 5.32 Å². The summed E-state index contributed by atoms with van der Waals surface area (Å²) in [4.78, 5) is 24.5. The van der Waals surface area contributed by atoms with Gasteiger partial charge in [0.05, 0.1) is 0 Å². The van der Waals surface area contributed by atoms with E-state index in [-0.39, 0.29) is 19.1 Å². The van der Waals surface area contributed by atoms with Crippen LogP contribution in [0.4, 0.5) is 4.79 Å². The molecule has 0 spiro atoms. The third-order valence-electron chi connectivity index (χ3n) is 3.32. The smallest absolute Gasteiger partial charge is 0.326 e. The van der Waals surface area contributed by atoms with Gasteiger partial charge in [-0.25, -0.2) is 9.59 Å². The highest BCUT2D eigenvalue weighted by Crippen LogP contribution is 2.16. The van der Waals surface area contributed by atoms with E-state index in [9.17, 15) is 9.59 Å². The molecule has 3 N–H and O–H groups in total. The number of nitrogens with one attached hydrogen (secondary N) is 1. The number of aliphatic carboxylic acids is 1. The Hall–Kier alpha value is -1.30. The Kier molecular flexibility index (Phi) is 5.91. The van der Waals surface area contributed by atoms with Crippen LogP contribution in [-0.4, -0.2) is 52.9 Å². The number of carboxylic acid groups (broad SMARTS) is 1. The number of hydrogen-bond acceptors (Lipinski definition) is 3. The van der Waals surface area contributed by atoms with Crippen molar-refractivity contribution in [3.63, 3.8) is 0 Å². The Labute approximate surface area is 107 Å². The van der Waals surface area contributed by atoms with E-state index in [1.165, 1.54) is 0 Å². The molecule has 0 aliphatic carbocycles. The summed E-state index contributed by atoms with van der Waals surface area (Å²) in [5.74, 6) is -0.504. The van der Waals surface area contributed by atoms with Gasteiger partial charge in [0.2, 0.25) is 0 Å². The van der Waals surface area contributed by atoms with Gasteiger partial charge in [0.1, 0.15) is 6.04 Å². The molecule has 2 amide bonds. The maximum atomic E-state index is 11.9. The van der Waals surface area contributed by atoms with E-state index in [1.807, 2.05) is 0 Å². The molecule has 1 fully saturated rings. The van der Waals surface area contributed by atoms with E-state index >= 15 is 0 Å². The fourth-order valence-electron chi connectivity index (χ4n) is 2.09. The van der Waals surface area contributed by atoms with Crippen LogP contribution in [0.15, 0.2) is 0 Å². The molecule has 0 aromatic rings. The predicted molar refractivity (Wildman–Crippen MR) is 66.2 cm³/mol. The van der Waals surface area contributed by atoms with Gasteiger partial charge >= 0.3 is 12.0 Å². The molecule has 1 saturated heterocycles. The van der Waals surface area contributed by atoms with Crippen LogP contribution in [0.3, 0.4) is 0 Å². The Balaban J connectivity index is 2.49. The minimum atomic E-state index is -1.11. The van der Waals surface area contributed by atoms with E-state index < -0.39 is 12.0 Å². The molecule has 1 rings (SSSR count). The average molecular weight is 258 g/mol. The van der Waals surface area contributed by atoms with Crippen molar-refractivity contribution < 1.29 is 19.8 Å². The van der Waals surface area contributed by atoms with Crippen LogP contribution in [0.2, 0.25) is 0 Å². The minimum absolute atomic E-state index is 0.0331. The number of nitrogens with zero attached hydrogens (tertiary/aromatic N) is 1. The van der Waals surface area contributed by atoms with Crippen LogP contribution in [0.5, 0.6) is 0 Å². The highest BCUT2D eigenvalue weighted by molar-refractivity contribution is 5.82. The molecular formula is C12H22N2O4. The monoisotopic (exact) mass is 258 g/mol. The molecule has 2 atom stereocenters. The van der Waals surface area contributed by atoms with Gasteiger partial charge in [-0.3, -0.25) is 0 Å². The lowest BCUT2D eigenvalue weighted by atomic mass is 10.0. The first kappa shape index (κ1) is 14.8. The van der Waals surface area contributed by atoms with Crippen molar-refractivity contribution in [2.45, 2.75) is 38.6 Å². The highest BCUT2D eigenvalue weighted by Gasteiger charge is 2.24. The number of likely N-dealkylation sites (tertiary alicyclic amines) is 1. The van der Waals surface area contributed by atoms with Crippen molar-refractivity contribution >= 4 is 12.0 Å². The van der Waals surface area contributed by atoms with Gasteiger partial charge in [-0.2, -0.15) is 0 Å². The number of rotatable bonds is 4. The SMILES string of the molecule is CC1CCCN(C(=O)N[C@H](CCO)C(=O)O)CC1. The number of carbonyl (C=O) groups excluding carboxylic acids is 1. The standard InChI is InChI=1S/C12H22N2O4/c1-9-3-2-6-14(7-4-9)12(18)13-10(5-8-15)11(16)17/h9-10,15H,2-8H2,1H3,(H,13,18)(H,16,17)/t9?,10-/m1/s1. The fourth-order valence-corrected chi connectivity index (χ4v) is 2.09. The quantitative estimate of drug-likeness (QED) is 0.690. The molecule has 0 saturated carbocycles. The first-order valence-electron chi connectivity index (χ1n) is 6.43. The molecular weight excluding hydrogens is 236 g/mol. The summed E-state index contributed by atoms with van der Waals surface area (Å²) in [6.45, 7) is 3.24. The molecule has 1 aliphatic rings. The number of urea groups is 1. The van der Waals surface area contributed by atoms with E-state index in [0.717, 1.165) is 19.3 Å². The van der Waals surface area contributed by atoms with Gasteiger partial charge in [0.15, 0.2) is 0 Å². The Morgan fingerprint density at radius 3 is 2.72 bits per heavy atom. The van der Waals surface area contributed by atoms with Crippen LogP contribution >= 0.6 is 0 Å². The van der Waals surface area contributed by atoms with Crippen molar-refractivity contribution in [1.82, 2.24) is 10.2 Å². The third kappa shape index (κ3) is 4.52. The number of carboxylic acids is 1. The molecule has 6 nitrogen and oxygen atoms in total. The van der Waals surface area contributed by atoms with Gasteiger partial charge in [0.25, 0.3) is 0 Å². The molecule has 18 heavy (non-hydrogen) atoms. The number of aliphatic hydroxyl groups is 1. The third-order valence-corrected chi connectivity index (χ3v) is 3.32. The molecule has 0 bridgehead atoms. The first-order valence-corrected chi connectivity index (χ1v) is 6.43. The molecule has 104 valence electrons. The summed E-state index contributed by atoms with van der Waals surface area (Å²) in [6.07, 6.45) is 3.03. The first-order chi connectivity index (χ1) is 8.54. The Morgan fingerprint density at radius 1 is 1.39 bits per heavy atom. The highest BCUT2D eigenvalue weighted by atomic mass is 16.4. The molecule has 1 heterocycles. The van der Waals surface area contributed by atoms with Gasteiger partial charge in [-0.15, -0.1) is 0 Å². The summed E-state index contributed by atoms with van der Waals surface area (Å²) >= 11 is 0. The predicted octanol–water partition coefficient (Wildman–Crippen LogP) is 0.654. The van der Waals surface area contributed by atoms with Gasteiger partial charge < -0.3 is 20.4 Å². The minimum Gasteiger partial charge on any atom is -0.480 e. The summed E-state index contributed by atoms with van der Waals surface area (Å²) < 4.78 is 0. The molecule has 1 unspecified atom stereocenters. The van der Waals surface area contributed by atoms with Gasteiger partial charge in [-0.1, -0.05) is 6.92 Å². The van der Waals surface area contributed by atoms with Crippen LogP contribution in [0.25, 0.3) is 0 Å². The Bertz CT molecular complexity index is 296. The topological polar surface area (TPSA) is 89.9 Å². The summed E-state index contributed by atoms with van der Waals surface area (Å²) in [6, 6.07) is -1.35.